The molecule has 0 spiro atoms. The van der Waals surface area contributed by atoms with Crippen molar-refractivity contribution in [2.75, 3.05) is 26.4 Å². The van der Waals surface area contributed by atoms with Crippen molar-refractivity contribution >= 4 is 15.6 Å². The normalized spacial score (nSPS) is 19.3. The van der Waals surface area contributed by atoms with Gasteiger partial charge in [-0.2, -0.15) is 4.31 Å². The maximum Gasteiger partial charge on any atom is 0.484 e. The molecule has 9 nitrogen and oxygen atoms in total. The Morgan fingerprint density at radius 3 is 1.48 bits per heavy atom. The molecule has 0 amide bonds. The van der Waals surface area contributed by atoms with Crippen molar-refractivity contribution in [2.45, 2.75) is 26.1 Å². The third kappa shape index (κ3) is 10.9. The summed E-state index contributed by atoms with van der Waals surface area (Å²) < 4.78 is 49.2. The summed E-state index contributed by atoms with van der Waals surface area (Å²) in [6.07, 6.45) is 0.610. The van der Waals surface area contributed by atoms with E-state index in [0.717, 1.165) is 0 Å². The molecule has 0 aromatic rings. The molecule has 0 aliphatic rings. The molecule has 0 saturated heterocycles. The Morgan fingerprint density at radius 1 is 0.870 bits per heavy atom. The van der Waals surface area contributed by atoms with Gasteiger partial charge in [0.15, 0.2) is 0 Å². The molecule has 4 unspecified atom stereocenters. The summed E-state index contributed by atoms with van der Waals surface area (Å²) in [5, 5.41) is 18.4. The largest absolute Gasteiger partial charge is 0.484 e. The van der Waals surface area contributed by atoms with E-state index < -0.39 is 41.1 Å². The first-order valence-corrected chi connectivity index (χ1v) is 9.66. The van der Waals surface area contributed by atoms with Gasteiger partial charge in [-0.25, -0.2) is 9.13 Å². The first-order valence-electron chi connectivity index (χ1n) is 6.74. The predicted molar refractivity (Wildman–Crippen MR) is 83.9 cm³/mol. The summed E-state index contributed by atoms with van der Waals surface area (Å²) in [5.41, 5.74) is 0. The number of aliphatic hydroxyl groups is 2. The van der Waals surface area contributed by atoms with E-state index >= 15 is 0 Å². The SMILES string of the molecule is C=CCOP(=O)(OCC(C)O)OP(=O)(OCC=C)OCC(C)O. The minimum atomic E-state index is -4.37. The highest BCUT2D eigenvalue weighted by molar-refractivity contribution is 7.62. The fourth-order valence-electron chi connectivity index (χ4n) is 0.978. The third-order valence-corrected chi connectivity index (χ3v) is 5.31. The van der Waals surface area contributed by atoms with Crippen molar-refractivity contribution in [3.8, 4) is 0 Å². The molecule has 0 heterocycles. The molecule has 0 aromatic carbocycles. The topological polar surface area (TPSA) is 121 Å². The molecule has 0 saturated carbocycles. The molecule has 136 valence electrons. The van der Waals surface area contributed by atoms with E-state index in [1.807, 2.05) is 0 Å². The minimum Gasteiger partial charge on any atom is -0.391 e. The van der Waals surface area contributed by atoms with Crippen molar-refractivity contribution in [1.29, 1.82) is 0 Å². The van der Waals surface area contributed by atoms with E-state index in [1.54, 1.807) is 0 Å². The van der Waals surface area contributed by atoms with Crippen molar-refractivity contribution in [1.82, 2.24) is 0 Å². The summed E-state index contributed by atoms with van der Waals surface area (Å²) in [5.74, 6) is 0. The molecule has 0 aromatic heterocycles. The van der Waals surface area contributed by atoms with Crippen LogP contribution in [0, 0.1) is 0 Å². The van der Waals surface area contributed by atoms with Gasteiger partial charge in [0, 0.05) is 0 Å². The van der Waals surface area contributed by atoms with Crippen LogP contribution < -0.4 is 0 Å². The third-order valence-electron chi connectivity index (χ3n) is 1.85. The summed E-state index contributed by atoms with van der Waals surface area (Å²) in [6.45, 7) is 8.28. The summed E-state index contributed by atoms with van der Waals surface area (Å²) in [4.78, 5) is 0. The molecule has 0 bridgehead atoms. The number of aliphatic hydroxyl groups excluding tert-OH is 2. The van der Waals surface area contributed by atoms with Gasteiger partial charge >= 0.3 is 15.6 Å². The second kappa shape index (κ2) is 11.3. The second-order valence-electron chi connectivity index (χ2n) is 4.43. The maximum absolute atomic E-state index is 12.5. The average Bonchev–Trinajstić information content (AvgIpc) is 2.47. The van der Waals surface area contributed by atoms with Gasteiger partial charge in [-0.1, -0.05) is 12.2 Å². The standard InChI is InChI=1S/C12H24O9P2/c1-5-7-17-22(15,19-9-11(3)13)21-23(16,18-8-6-2)20-10-12(4)14/h5-6,11-14H,1-2,7-10H2,3-4H3. The van der Waals surface area contributed by atoms with E-state index in [-0.39, 0.29) is 13.2 Å². The average molecular weight is 374 g/mol. The molecule has 11 heteroatoms. The lowest BCUT2D eigenvalue weighted by molar-refractivity contribution is 0.0637. The van der Waals surface area contributed by atoms with Crippen LogP contribution in [0.15, 0.2) is 25.3 Å². The fraction of sp³-hybridized carbons (Fsp3) is 0.667. The Labute approximate surface area is 136 Å². The van der Waals surface area contributed by atoms with Crippen molar-refractivity contribution in [3.63, 3.8) is 0 Å². The number of hydrogen-bond donors (Lipinski definition) is 2. The highest BCUT2D eigenvalue weighted by atomic mass is 31.3. The summed E-state index contributed by atoms with van der Waals surface area (Å²) >= 11 is 0. The first-order chi connectivity index (χ1) is 10.7. The van der Waals surface area contributed by atoms with Crippen molar-refractivity contribution in [2.24, 2.45) is 0 Å². The van der Waals surface area contributed by atoms with E-state index in [0.29, 0.717) is 0 Å². The van der Waals surface area contributed by atoms with Crippen LogP contribution in [0.5, 0.6) is 0 Å². The number of rotatable bonds is 14. The van der Waals surface area contributed by atoms with Crippen LogP contribution >= 0.6 is 15.6 Å². The predicted octanol–water partition coefficient (Wildman–Crippen LogP) is 2.42. The Kier molecular flexibility index (Phi) is 11.1. The lowest BCUT2D eigenvalue weighted by Gasteiger charge is -2.23. The number of phosphoric ester groups is 2. The van der Waals surface area contributed by atoms with Gasteiger partial charge in [-0.15, -0.1) is 13.2 Å². The molecule has 0 radical (unpaired) electrons. The summed E-state index contributed by atoms with van der Waals surface area (Å²) in [6, 6.07) is 0. The molecule has 0 rings (SSSR count). The minimum absolute atomic E-state index is 0.227. The molecular formula is C12H24O9P2. The van der Waals surface area contributed by atoms with Crippen LogP contribution in [0.1, 0.15) is 13.8 Å². The van der Waals surface area contributed by atoms with Crippen molar-refractivity contribution in [3.05, 3.63) is 25.3 Å². The summed E-state index contributed by atoms with van der Waals surface area (Å²) in [7, 11) is -8.74. The van der Waals surface area contributed by atoms with Gasteiger partial charge in [0.05, 0.1) is 38.6 Å². The molecular weight excluding hydrogens is 350 g/mol. The van der Waals surface area contributed by atoms with E-state index in [9.17, 15) is 19.3 Å². The lowest BCUT2D eigenvalue weighted by atomic mass is 10.5. The quantitative estimate of drug-likeness (QED) is 0.349. The molecule has 2 N–H and O–H groups in total. The van der Waals surface area contributed by atoms with Gasteiger partial charge in [-0.05, 0) is 13.8 Å². The van der Waals surface area contributed by atoms with Crippen LogP contribution in [0.2, 0.25) is 0 Å². The molecule has 0 aliphatic heterocycles. The zero-order valence-electron chi connectivity index (χ0n) is 13.2. The molecule has 0 aliphatic carbocycles. The van der Waals surface area contributed by atoms with Gasteiger partial charge in [-0.3, -0.25) is 18.1 Å². The highest BCUT2D eigenvalue weighted by Gasteiger charge is 2.41. The van der Waals surface area contributed by atoms with Crippen LogP contribution in [0.4, 0.5) is 0 Å². The van der Waals surface area contributed by atoms with Gasteiger partial charge in [0.2, 0.25) is 0 Å². The van der Waals surface area contributed by atoms with E-state index in [2.05, 4.69) is 13.2 Å². The van der Waals surface area contributed by atoms with Crippen molar-refractivity contribution < 1.29 is 41.7 Å². The van der Waals surface area contributed by atoms with Gasteiger partial charge < -0.3 is 10.2 Å². The number of phosphoric acid groups is 2. The van der Waals surface area contributed by atoms with Crippen LogP contribution in [0.3, 0.4) is 0 Å². The number of hydrogen-bond acceptors (Lipinski definition) is 9. The fourth-order valence-corrected chi connectivity index (χ4v) is 4.23. The Bertz CT molecular complexity index is 410. The zero-order valence-corrected chi connectivity index (χ0v) is 15.0. The molecule has 0 fully saturated rings. The van der Waals surface area contributed by atoms with Crippen LogP contribution in [0.25, 0.3) is 0 Å². The highest BCUT2D eigenvalue weighted by Crippen LogP contribution is 2.66. The maximum atomic E-state index is 12.5. The molecule has 23 heavy (non-hydrogen) atoms. The molecule has 4 atom stereocenters. The zero-order chi connectivity index (χ0) is 17.9. The first kappa shape index (κ1) is 22.7. The second-order valence-corrected chi connectivity index (χ2v) is 7.91. The lowest BCUT2D eigenvalue weighted by Crippen LogP contribution is -2.14. The van der Waals surface area contributed by atoms with E-state index in [1.165, 1.54) is 26.0 Å². The Hall–Kier alpha value is -0.340. The van der Waals surface area contributed by atoms with Gasteiger partial charge in [0.1, 0.15) is 0 Å². The van der Waals surface area contributed by atoms with Crippen LogP contribution in [-0.2, 0) is 31.5 Å². The Balaban J connectivity index is 5.13. The Morgan fingerprint density at radius 2 is 1.22 bits per heavy atom. The van der Waals surface area contributed by atoms with Crippen LogP contribution in [-0.4, -0.2) is 48.8 Å². The monoisotopic (exact) mass is 374 g/mol. The van der Waals surface area contributed by atoms with E-state index in [4.69, 9.17) is 22.4 Å². The smallest absolute Gasteiger partial charge is 0.391 e. The van der Waals surface area contributed by atoms with Gasteiger partial charge in [0.25, 0.3) is 0 Å².